The first-order valence-corrected chi connectivity index (χ1v) is 3.93. The van der Waals surface area contributed by atoms with Crippen LogP contribution in [0.1, 0.15) is 12.5 Å². The summed E-state index contributed by atoms with van der Waals surface area (Å²) in [6, 6.07) is 0. The van der Waals surface area contributed by atoms with Gasteiger partial charge in [-0.05, 0) is 27.9 Å². The molecule has 1 aromatic rings. The molecule has 1 rings (SSSR count). The summed E-state index contributed by atoms with van der Waals surface area (Å²) in [5.41, 5.74) is 7.60. The average Bonchev–Trinajstić information content (AvgIpc) is 1.95. The molecule has 0 aliphatic rings. The van der Waals surface area contributed by atoms with Crippen molar-refractivity contribution < 1.29 is 0 Å². The summed E-state index contributed by atoms with van der Waals surface area (Å²) in [6.07, 6.45) is 4.42. The maximum absolute atomic E-state index is 5.71. The predicted molar refractivity (Wildman–Crippen MR) is 45.7 cm³/mol. The molecular formula is C7H9BrN2. The lowest BCUT2D eigenvalue weighted by Gasteiger charge is -2.01. The second kappa shape index (κ2) is 3.01. The summed E-state index contributed by atoms with van der Waals surface area (Å²) in [4.78, 5) is 3.99. The highest BCUT2D eigenvalue weighted by atomic mass is 79.9. The second-order valence-corrected chi connectivity index (χ2v) is 2.90. The van der Waals surface area contributed by atoms with Crippen LogP contribution in [0, 0.1) is 0 Å². The molecule has 0 bridgehead atoms. The SMILES string of the molecule is CCc1cncc(Br)c1N. The molecule has 0 unspecified atom stereocenters. The van der Waals surface area contributed by atoms with E-state index in [0.717, 1.165) is 22.1 Å². The molecule has 54 valence electrons. The van der Waals surface area contributed by atoms with Crippen LogP contribution in [0.15, 0.2) is 16.9 Å². The van der Waals surface area contributed by atoms with Crippen LogP contribution in [0.2, 0.25) is 0 Å². The van der Waals surface area contributed by atoms with E-state index in [4.69, 9.17) is 5.73 Å². The van der Waals surface area contributed by atoms with Crippen molar-refractivity contribution in [2.45, 2.75) is 13.3 Å². The summed E-state index contributed by atoms with van der Waals surface area (Å²) in [6.45, 7) is 2.06. The van der Waals surface area contributed by atoms with E-state index < -0.39 is 0 Å². The summed E-state index contributed by atoms with van der Waals surface area (Å²) in [5.74, 6) is 0. The molecule has 0 aliphatic carbocycles. The summed E-state index contributed by atoms with van der Waals surface area (Å²) < 4.78 is 0.881. The van der Waals surface area contributed by atoms with Gasteiger partial charge < -0.3 is 5.73 Å². The number of hydrogen-bond acceptors (Lipinski definition) is 2. The first kappa shape index (κ1) is 7.54. The lowest BCUT2D eigenvalue weighted by atomic mass is 10.2. The number of halogens is 1. The van der Waals surface area contributed by atoms with Gasteiger partial charge in [0.15, 0.2) is 0 Å². The van der Waals surface area contributed by atoms with Gasteiger partial charge in [0.05, 0.1) is 10.2 Å². The van der Waals surface area contributed by atoms with Gasteiger partial charge in [0.25, 0.3) is 0 Å². The van der Waals surface area contributed by atoms with Gasteiger partial charge in [-0.15, -0.1) is 0 Å². The minimum absolute atomic E-state index is 0.803. The zero-order valence-corrected chi connectivity index (χ0v) is 7.35. The van der Waals surface area contributed by atoms with Crippen LogP contribution >= 0.6 is 15.9 Å². The third-order valence-electron chi connectivity index (χ3n) is 1.40. The largest absolute Gasteiger partial charge is 0.397 e. The number of aromatic nitrogens is 1. The Kier molecular flexibility index (Phi) is 2.27. The number of anilines is 1. The van der Waals surface area contributed by atoms with Crippen LogP contribution in [-0.2, 0) is 6.42 Å². The van der Waals surface area contributed by atoms with Crippen LogP contribution in [0.5, 0.6) is 0 Å². The molecule has 1 heterocycles. The number of rotatable bonds is 1. The Hall–Kier alpha value is -0.570. The maximum Gasteiger partial charge on any atom is 0.0591 e. The first-order valence-electron chi connectivity index (χ1n) is 3.13. The number of aryl methyl sites for hydroxylation is 1. The molecule has 0 saturated heterocycles. The van der Waals surface area contributed by atoms with Gasteiger partial charge in [-0.2, -0.15) is 0 Å². The highest BCUT2D eigenvalue weighted by Crippen LogP contribution is 2.21. The van der Waals surface area contributed by atoms with Crippen LogP contribution in [0.25, 0.3) is 0 Å². The van der Waals surface area contributed by atoms with E-state index in [9.17, 15) is 0 Å². The fourth-order valence-electron chi connectivity index (χ4n) is 0.767. The normalized spacial score (nSPS) is 9.80. The molecule has 0 fully saturated rings. The molecule has 0 aromatic carbocycles. The van der Waals surface area contributed by atoms with E-state index >= 15 is 0 Å². The first-order chi connectivity index (χ1) is 4.75. The molecule has 1 aromatic heterocycles. The zero-order valence-electron chi connectivity index (χ0n) is 5.76. The Morgan fingerprint density at radius 1 is 1.60 bits per heavy atom. The molecule has 0 aliphatic heterocycles. The number of nitrogens with zero attached hydrogens (tertiary/aromatic N) is 1. The lowest BCUT2D eigenvalue weighted by molar-refractivity contribution is 1.10. The van der Waals surface area contributed by atoms with Crippen LogP contribution in [0.4, 0.5) is 5.69 Å². The van der Waals surface area contributed by atoms with Crippen molar-refractivity contribution in [3.05, 3.63) is 22.4 Å². The Morgan fingerprint density at radius 2 is 2.30 bits per heavy atom. The topological polar surface area (TPSA) is 38.9 Å². The van der Waals surface area contributed by atoms with Gasteiger partial charge in [-0.25, -0.2) is 0 Å². The van der Waals surface area contributed by atoms with Gasteiger partial charge in [0.2, 0.25) is 0 Å². The molecule has 0 amide bonds. The molecule has 0 spiro atoms. The minimum Gasteiger partial charge on any atom is -0.397 e. The number of nitrogen functional groups attached to an aromatic ring is 1. The average molecular weight is 201 g/mol. The lowest BCUT2D eigenvalue weighted by Crippen LogP contribution is -1.94. The van der Waals surface area contributed by atoms with E-state index in [0.29, 0.717) is 0 Å². The molecule has 10 heavy (non-hydrogen) atoms. The van der Waals surface area contributed by atoms with Gasteiger partial charge in [-0.3, -0.25) is 4.98 Å². The Morgan fingerprint density at radius 3 is 2.80 bits per heavy atom. The predicted octanol–water partition coefficient (Wildman–Crippen LogP) is 1.99. The highest BCUT2D eigenvalue weighted by Gasteiger charge is 1.99. The Balaban J connectivity index is 3.14. The third-order valence-corrected chi connectivity index (χ3v) is 2.03. The van der Waals surface area contributed by atoms with Crippen molar-refractivity contribution >= 4 is 21.6 Å². The number of nitrogens with two attached hydrogens (primary N) is 1. The third kappa shape index (κ3) is 1.29. The van der Waals surface area contributed by atoms with Crippen molar-refractivity contribution in [3.63, 3.8) is 0 Å². The van der Waals surface area contributed by atoms with Crippen LogP contribution in [0.3, 0.4) is 0 Å². The van der Waals surface area contributed by atoms with Gasteiger partial charge >= 0.3 is 0 Å². The molecule has 2 nitrogen and oxygen atoms in total. The monoisotopic (exact) mass is 200 g/mol. The summed E-state index contributed by atoms with van der Waals surface area (Å²) in [5, 5.41) is 0. The minimum atomic E-state index is 0.803. The van der Waals surface area contributed by atoms with Gasteiger partial charge in [-0.1, -0.05) is 6.92 Å². The van der Waals surface area contributed by atoms with Crippen molar-refractivity contribution in [1.29, 1.82) is 0 Å². The van der Waals surface area contributed by atoms with E-state index in [2.05, 4.69) is 27.8 Å². The molecular weight excluding hydrogens is 192 g/mol. The van der Waals surface area contributed by atoms with E-state index in [-0.39, 0.29) is 0 Å². The van der Waals surface area contributed by atoms with E-state index in [1.54, 1.807) is 12.4 Å². The van der Waals surface area contributed by atoms with Gasteiger partial charge in [0.1, 0.15) is 0 Å². The number of hydrogen-bond donors (Lipinski definition) is 1. The highest BCUT2D eigenvalue weighted by molar-refractivity contribution is 9.10. The van der Waals surface area contributed by atoms with Crippen molar-refractivity contribution in [1.82, 2.24) is 4.98 Å². The fourth-order valence-corrected chi connectivity index (χ4v) is 1.14. The molecule has 2 N–H and O–H groups in total. The molecule has 3 heteroatoms. The molecule has 0 atom stereocenters. The second-order valence-electron chi connectivity index (χ2n) is 2.05. The zero-order chi connectivity index (χ0) is 7.56. The van der Waals surface area contributed by atoms with Crippen LogP contribution in [-0.4, -0.2) is 4.98 Å². The van der Waals surface area contributed by atoms with E-state index in [1.807, 2.05) is 0 Å². The molecule has 0 saturated carbocycles. The Labute approximate surface area is 68.6 Å². The summed E-state index contributed by atoms with van der Waals surface area (Å²) >= 11 is 3.30. The maximum atomic E-state index is 5.71. The number of pyridine rings is 1. The standard InChI is InChI=1S/C7H9BrN2/c1-2-5-3-10-4-6(8)7(5)9/h3-4H,2H2,1H3,(H2,9,10). The van der Waals surface area contributed by atoms with Crippen molar-refractivity contribution in [2.75, 3.05) is 5.73 Å². The van der Waals surface area contributed by atoms with Crippen LogP contribution < -0.4 is 5.73 Å². The Bertz CT molecular complexity index is 235. The van der Waals surface area contributed by atoms with Crippen molar-refractivity contribution in [3.8, 4) is 0 Å². The van der Waals surface area contributed by atoms with Crippen molar-refractivity contribution in [2.24, 2.45) is 0 Å². The summed E-state index contributed by atoms with van der Waals surface area (Å²) in [7, 11) is 0. The van der Waals surface area contributed by atoms with E-state index in [1.165, 1.54) is 0 Å². The van der Waals surface area contributed by atoms with Gasteiger partial charge in [0, 0.05) is 12.4 Å². The quantitative estimate of drug-likeness (QED) is 0.754. The molecule has 0 radical (unpaired) electrons. The smallest absolute Gasteiger partial charge is 0.0591 e. The fraction of sp³-hybridized carbons (Fsp3) is 0.286.